The van der Waals surface area contributed by atoms with Crippen molar-refractivity contribution >= 4 is 15.7 Å². The molecule has 0 saturated heterocycles. The van der Waals surface area contributed by atoms with Crippen LogP contribution in [0.25, 0.3) is 0 Å². The monoisotopic (exact) mass is 293 g/mol. The lowest BCUT2D eigenvalue weighted by atomic mass is 10.2. The van der Waals surface area contributed by atoms with Crippen LogP contribution < -0.4 is 10.3 Å². The summed E-state index contributed by atoms with van der Waals surface area (Å²) >= 11 is 0. The van der Waals surface area contributed by atoms with E-state index in [1.165, 1.54) is 12.1 Å². The van der Waals surface area contributed by atoms with Gasteiger partial charge in [0.05, 0.1) is 5.69 Å². The first kappa shape index (κ1) is 13.8. The lowest BCUT2D eigenvalue weighted by Gasteiger charge is -2.09. The van der Waals surface area contributed by atoms with E-state index in [1.54, 1.807) is 6.07 Å². The maximum Gasteiger partial charge on any atom is 0.263 e. The molecule has 0 saturated carbocycles. The van der Waals surface area contributed by atoms with Crippen LogP contribution in [0.4, 0.5) is 10.1 Å². The molecule has 0 aliphatic rings. The van der Waals surface area contributed by atoms with Crippen LogP contribution in [0, 0.1) is 17.1 Å². The molecule has 1 aromatic carbocycles. The summed E-state index contributed by atoms with van der Waals surface area (Å²) in [5, 5.41) is 8.83. The summed E-state index contributed by atoms with van der Waals surface area (Å²) in [6.45, 7) is 0. The van der Waals surface area contributed by atoms with E-state index in [0.29, 0.717) is 0 Å². The van der Waals surface area contributed by atoms with Crippen molar-refractivity contribution in [3.8, 4) is 6.07 Å². The first-order valence-electron chi connectivity index (χ1n) is 5.34. The summed E-state index contributed by atoms with van der Waals surface area (Å²) in [5.74, 6) is -0.825. The summed E-state index contributed by atoms with van der Waals surface area (Å²) in [7, 11) is -4.02. The Morgan fingerprint density at radius 2 is 2.00 bits per heavy atom. The van der Waals surface area contributed by atoms with Gasteiger partial charge in [-0.05, 0) is 18.2 Å². The fourth-order valence-electron chi connectivity index (χ4n) is 1.49. The van der Waals surface area contributed by atoms with Gasteiger partial charge in [-0.15, -0.1) is 0 Å². The number of aromatic nitrogens is 1. The summed E-state index contributed by atoms with van der Waals surface area (Å²) in [6.07, 6.45) is 1.01. The zero-order valence-corrected chi connectivity index (χ0v) is 10.7. The summed E-state index contributed by atoms with van der Waals surface area (Å²) < 4.78 is 39.5. The van der Waals surface area contributed by atoms with Crippen molar-refractivity contribution in [3.05, 3.63) is 58.3 Å². The number of pyridine rings is 1. The van der Waals surface area contributed by atoms with Gasteiger partial charge in [-0.1, -0.05) is 6.07 Å². The number of nitrogens with one attached hydrogen (secondary N) is 2. The van der Waals surface area contributed by atoms with Crippen LogP contribution in [0.15, 0.2) is 46.2 Å². The molecule has 2 N–H and O–H groups in total. The number of halogens is 1. The molecule has 0 fully saturated rings. The zero-order valence-electron chi connectivity index (χ0n) is 9.92. The Labute approximate surface area is 113 Å². The number of benzene rings is 1. The van der Waals surface area contributed by atoms with Crippen LogP contribution in [0.3, 0.4) is 0 Å². The van der Waals surface area contributed by atoms with Crippen LogP contribution in [0.1, 0.15) is 5.56 Å². The Bertz CT molecular complexity index is 832. The van der Waals surface area contributed by atoms with Gasteiger partial charge in [-0.2, -0.15) is 5.26 Å². The second-order valence-corrected chi connectivity index (χ2v) is 5.45. The topological polar surface area (TPSA) is 103 Å². The van der Waals surface area contributed by atoms with Gasteiger partial charge in [0.15, 0.2) is 0 Å². The van der Waals surface area contributed by atoms with Gasteiger partial charge in [-0.25, -0.2) is 12.8 Å². The van der Waals surface area contributed by atoms with Crippen molar-refractivity contribution < 1.29 is 12.8 Å². The van der Waals surface area contributed by atoms with Crippen LogP contribution in [0.5, 0.6) is 0 Å². The minimum Gasteiger partial charge on any atom is -0.328 e. The number of sulfonamides is 1. The van der Waals surface area contributed by atoms with Gasteiger partial charge in [0.1, 0.15) is 22.3 Å². The lowest BCUT2D eigenvalue weighted by molar-refractivity contribution is 0.600. The molecular formula is C12H8FN3O3S. The highest BCUT2D eigenvalue weighted by Crippen LogP contribution is 2.21. The molecule has 1 aromatic heterocycles. The van der Waals surface area contributed by atoms with E-state index >= 15 is 0 Å². The molecule has 0 radical (unpaired) electrons. The Morgan fingerprint density at radius 1 is 1.25 bits per heavy atom. The van der Waals surface area contributed by atoms with Gasteiger partial charge in [0, 0.05) is 12.3 Å². The third kappa shape index (κ3) is 2.67. The van der Waals surface area contributed by atoms with Crippen LogP contribution in [0.2, 0.25) is 0 Å². The van der Waals surface area contributed by atoms with Crippen LogP contribution in [-0.2, 0) is 10.0 Å². The predicted octanol–water partition coefficient (Wildman–Crippen LogP) is 1.19. The van der Waals surface area contributed by atoms with E-state index in [1.807, 2.05) is 0 Å². The Hall–Kier alpha value is -2.66. The van der Waals surface area contributed by atoms with Crippen molar-refractivity contribution in [3.63, 3.8) is 0 Å². The molecule has 0 aliphatic heterocycles. The number of rotatable bonds is 3. The normalized spacial score (nSPS) is 10.8. The quantitative estimate of drug-likeness (QED) is 0.887. The summed E-state index contributed by atoms with van der Waals surface area (Å²) in [4.78, 5) is 12.9. The Balaban J connectivity index is 2.44. The molecule has 2 rings (SSSR count). The highest BCUT2D eigenvalue weighted by atomic mass is 32.2. The number of nitriles is 1. The molecule has 0 spiro atoms. The Morgan fingerprint density at radius 3 is 2.60 bits per heavy atom. The maximum atomic E-state index is 13.4. The van der Waals surface area contributed by atoms with E-state index in [2.05, 4.69) is 9.71 Å². The van der Waals surface area contributed by atoms with Gasteiger partial charge >= 0.3 is 0 Å². The number of anilines is 1. The first-order valence-corrected chi connectivity index (χ1v) is 6.82. The van der Waals surface area contributed by atoms with Crippen molar-refractivity contribution in [2.24, 2.45) is 0 Å². The fourth-order valence-corrected chi connectivity index (χ4v) is 2.53. The molecule has 20 heavy (non-hydrogen) atoms. The highest BCUT2D eigenvalue weighted by molar-refractivity contribution is 7.92. The molecule has 0 unspecified atom stereocenters. The van der Waals surface area contributed by atoms with E-state index in [4.69, 9.17) is 5.26 Å². The second-order valence-electron chi connectivity index (χ2n) is 3.77. The van der Waals surface area contributed by atoms with Gasteiger partial charge in [0.2, 0.25) is 5.56 Å². The smallest absolute Gasteiger partial charge is 0.263 e. The number of H-pyrrole nitrogens is 1. The fraction of sp³-hybridized carbons (Fsp3) is 0. The highest BCUT2D eigenvalue weighted by Gasteiger charge is 2.17. The van der Waals surface area contributed by atoms with Crippen LogP contribution >= 0.6 is 0 Å². The summed E-state index contributed by atoms with van der Waals surface area (Å²) in [5.41, 5.74) is -1.02. The number of nitrogens with zero attached hydrogens (tertiary/aromatic N) is 1. The number of hydrogen-bond donors (Lipinski definition) is 2. The minimum absolute atomic E-state index is 0.168. The van der Waals surface area contributed by atoms with E-state index < -0.39 is 27.0 Å². The summed E-state index contributed by atoms with van der Waals surface area (Å²) in [6, 6.07) is 7.34. The van der Waals surface area contributed by atoms with Crippen molar-refractivity contribution in [1.29, 1.82) is 5.26 Å². The van der Waals surface area contributed by atoms with Gasteiger partial charge in [0.25, 0.3) is 10.0 Å². The van der Waals surface area contributed by atoms with Gasteiger partial charge in [-0.3, -0.25) is 9.52 Å². The lowest BCUT2D eigenvalue weighted by Crippen LogP contribution is -2.16. The molecule has 0 atom stereocenters. The third-order valence-corrected chi connectivity index (χ3v) is 3.80. The minimum atomic E-state index is -4.02. The molecule has 0 aliphatic carbocycles. The molecule has 2 aromatic rings. The molecular weight excluding hydrogens is 285 g/mol. The van der Waals surface area contributed by atoms with Crippen molar-refractivity contribution in [2.75, 3.05) is 4.72 Å². The molecule has 0 bridgehead atoms. The molecule has 0 amide bonds. The predicted molar refractivity (Wildman–Crippen MR) is 69.0 cm³/mol. The van der Waals surface area contributed by atoms with Crippen LogP contribution in [-0.4, -0.2) is 13.4 Å². The molecule has 1 heterocycles. The Kier molecular flexibility index (Phi) is 3.54. The number of aromatic amines is 1. The van der Waals surface area contributed by atoms with E-state index in [-0.39, 0.29) is 10.6 Å². The van der Waals surface area contributed by atoms with Crippen molar-refractivity contribution in [1.82, 2.24) is 4.98 Å². The molecule has 8 heteroatoms. The largest absolute Gasteiger partial charge is 0.328 e. The zero-order chi connectivity index (χ0) is 14.8. The number of hydrogen-bond acceptors (Lipinski definition) is 4. The molecule has 102 valence electrons. The standard InChI is InChI=1S/C12H8FN3O3S/c13-10-2-1-3-11(9(10)6-14)16-20(18,19)8-4-5-12(17)15-7-8/h1-5,7,16H,(H,15,17). The third-order valence-electron chi connectivity index (χ3n) is 2.44. The average Bonchev–Trinajstić information content (AvgIpc) is 2.39. The van der Waals surface area contributed by atoms with E-state index in [9.17, 15) is 17.6 Å². The average molecular weight is 293 g/mol. The first-order chi connectivity index (χ1) is 9.44. The second kappa shape index (κ2) is 5.14. The van der Waals surface area contributed by atoms with Gasteiger partial charge < -0.3 is 4.98 Å². The van der Waals surface area contributed by atoms with Crippen molar-refractivity contribution in [2.45, 2.75) is 4.90 Å². The SMILES string of the molecule is N#Cc1c(F)cccc1NS(=O)(=O)c1ccc(=O)[nH]c1. The molecule has 6 nitrogen and oxygen atoms in total. The maximum absolute atomic E-state index is 13.4. The van der Waals surface area contributed by atoms with E-state index in [0.717, 1.165) is 24.4 Å².